The topological polar surface area (TPSA) is 63.6 Å². The average molecular weight is 176 g/mol. The van der Waals surface area contributed by atoms with Gasteiger partial charge in [-0.05, 0) is 6.92 Å². The zero-order chi connectivity index (χ0) is 10.6. The van der Waals surface area contributed by atoms with Crippen LogP contribution >= 0.6 is 0 Å². The van der Waals surface area contributed by atoms with Gasteiger partial charge in [-0.25, -0.2) is 0 Å². The summed E-state index contributed by atoms with van der Waals surface area (Å²) in [7, 11) is 0. The Morgan fingerprint density at radius 3 is 1.58 bits per heavy atom. The molecule has 72 valence electrons. The molecule has 0 aliphatic carbocycles. The Balaban J connectivity index is -0.000000118. The van der Waals surface area contributed by atoms with E-state index < -0.39 is 5.97 Å². The lowest BCUT2D eigenvalue weighted by molar-refractivity contribution is -0.140. The molecule has 0 heterocycles. The van der Waals surface area contributed by atoms with E-state index in [1.165, 1.54) is 6.92 Å². The fourth-order valence-electron chi connectivity index (χ4n) is 0.203. The summed E-state index contributed by atoms with van der Waals surface area (Å²) < 4.78 is 4.40. The Bertz CT molecular complexity index is 116. The molecule has 0 spiro atoms. The van der Waals surface area contributed by atoms with Crippen LogP contribution in [0.2, 0.25) is 0 Å². The summed E-state index contributed by atoms with van der Waals surface area (Å²) in [5, 5.41) is 7.42. The number of hydrogen-bond donors (Lipinski definition) is 1. The molecule has 0 aromatic heterocycles. The molecular formula is C8H16O4. The van der Waals surface area contributed by atoms with Crippen molar-refractivity contribution in [3.8, 4) is 0 Å². The maximum absolute atomic E-state index is 9.82. The molecule has 0 radical (unpaired) electrons. The first kappa shape index (κ1) is 17.0. The summed E-state index contributed by atoms with van der Waals surface area (Å²) in [6.45, 7) is 10.7. The molecule has 12 heavy (non-hydrogen) atoms. The number of esters is 1. The number of carboxylic acids is 1. The zero-order valence-electron chi connectivity index (χ0n) is 7.79. The van der Waals surface area contributed by atoms with Crippen molar-refractivity contribution >= 4 is 11.9 Å². The van der Waals surface area contributed by atoms with Crippen molar-refractivity contribution < 1.29 is 19.4 Å². The van der Waals surface area contributed by atoms with E-state index in [0.29, 0.717) is 6.61 Å². The number of rotatable bonds is 1. The fraction of sp³-hybridized carbons (Fsp3) is 0.500. The van der Waals surface area contributed by atoms with Crippen LogP contribution in [-0.4, -0.2) is 23.7 Å². The van der Waals surface area contributed by atoms with Crippen molar-refractivity contribution in [1.82, 2.24) is 0 Å². The second-order valence-corrected chi connectivity index (χ2v) is 1.44. The maximum atomic E-state index is 9.82. The minimum atomic E-state index is -0.833. The molecule has 0 aliphatic rings. The minimum Gasteiger partial charge on any atom is -0.481 e. The molecule has 0 atom stereocenters. The maximum Gasteiger partial charge on any atom is 0.302 e. The van der Waals surface area contributed by atoms with Gasteiger partial charge in [-0.2, -0.15) is 0 Å². The van der Waals surface area contributed by atoms with E-state index in [1.807, 2.05) is 0 Å². The summed E-state index contributed by atoms with van der Waals surface area (Å²) in [5.41, 5.74) is 0. The Kier molecular flexibility index (Phi) is 23.1. The van der Waals surface area contributed by atoms with Gasteiger partial charge >= 0.3 is 5.97 Å². The van der Waals surface area contributed by atoms with Crippen molar-refractivity contribution in [1.29, 1.82) is 0 Å². The summed E-state index contributed by atoms with van der Waals surface area (Å²) in [4.78, 5) is 18.8. The first-order valence-corrected chi connectivity index (χ1v) is 3.33. The van der Waals surface area contributed by atoms with Gasteiger partial charge in [0.2, 0.25) is 0 Å². The number of ether oxygens (including phenoxy) is 1. The molecule has 0 bridgehead atoms. The molecule has 0 amide bonds. The van der Waals surface area contributed by atoms with Crippen LogP contribution in [0.1, 0.15) is 20.8 Å². The highest BCUT2D eigenvalue weighted by atomic mass is 16.5. The van der Waals surface area contributed by atoms with E-state index in [9.17, 15) is 4.79 Å². The summed E-state index contributed by atoms with van der Waals surface area (Å²) >= 11 is 0. The summed E-state index contributed by atoms with van der Waals surface area (Å²) in [5.74, 6) is -1.04. The lowest BCUT2D eigenvalue weighted by Gasteiger charge is -1.89. The number of carbonyl (C=O) groups is 2. The first-order chi connectivity index (χ1) is 5.50. The number of carboxylic acid groups (broad SMARTS) is 1. The highest BCUT2D eigenvalue weighted by molar-refractivity contribution is 5.65. The Morgan fingerprint density at radius 1 is 1.33 bits per heavy atom. The fourth-order valence-corrected chi connectivity index (χ4v) is 0.203. The molecular weight excluding hydrogens is 160 g/mol. The predicted octanol–water partition coefficient (Wildman–Crippen LogP) is 1.46. The minimum absolute atomic E-state index is 0.211. The molecule has 4 heteroatoms. The van der Waals surface area contributed by atoms with Crippen LogP contribution in [0.15, 0.2) is 13.2 Å². The zero-order valence-corrected chi connectivity index (χ0v) is 7.79. The van der Waals surface area contributed by atoms with Crippen molar-refractivity contribution in [2.45, 2.75) is 20.8 Å². The van der Waals surface area contributed by atoms with Gasteiger partial charge in [0.15, 0.2) is 0 Å². The number of carbonyl (C=O) groups excluding carboxylic acids is 1. The monoisotopic (exact) mass is 176 g/mol. The molecule has 0 aromatic carbocycles. The molecule has 0 saturated heterocycles. The second kappa shape index (κ2) is 16.3. The third kappa shape index (κ3) is 181. The molecule has 4 nitrogen and oxygen atoms in total. The van der Waals surface area contributed by atoms with Gasteiger partial charge in [0.05, 0.1) is 6.61 Å². The highest BCUT2D eigenvalue weighted by Crippen LogP contribution is 1.69. The number of aliphatic carboxylic acids is 1. The third-order valence-electron chi connectivity index (χ3n) is 0.348. The van der Waals surface area contributed by atoms with E-state index in [2.05, 4.69) is 17.9 Å². The van der Waals surface area contributed by atoms with E-state index in [0.717, 1.165) is 6.92 Å². The molecule has 0 unspecified atom stereocenters. The van der Waals surface area contributed by atoms with E-state index >= 15 is 0 Å². The van der Waals surface area contributed by atoms with Gasteiger partial charge in [-0.3, -0.25) is 9.59 Å². The van der Waals surface area contributed by atoms with Gasteiger partial charge < -0.3 is 9.84 Å². The average Bonchev–Trinajstić information content (AvgIpc) is 1.90. The van der Waals surface area contributed by atoms with Crippen molar-refractivity contribution in [3.63, 3.8) is 0 Å². The predicted molar refractivity (Wildman–Crippen MR) is 46.9 cm³/mol. The van der Waals surface area contributed by atoms with Crippen molar-refractivity contribution in [2.75, 3.05) is 6.61 Å². The van der Waals surface area contributed by atoms with Crippen LogP contribution < -0.4 is 0 Å². The quantitative estimate of drug-likeness (QED) is 0.485. The lowest BCUT2D eigenvalue weighted by Crippen LogP contribution is -1.95. The molecule has 0 saturated carbocycles. The van der Waals surface area contributed by atoms with Gasteiger partial charge in [0, 0.05) is 13.8 Å². The van der Waals surface area contributed by atoms with Crippen LogP contribution in [-0.2, 0) is 14.3 Å². The van der Waals surface area contributed by atoms with Crippen LogP contribution in [0.4, 0.5) is 0 Å². The molecule has 0 fully saturated rings. The molecule has 0 rings (SSSR count). The van der Waals surface area contributed by atoms with E-state index in [1.54, 1.807) is 6.92 Å². The first-order valence-electron chi connectivity index (χ1n) is 3.33. The highest BCUT2D eigenvalue weighted by Gasteiger charge is 1.81. The summed E-state index contributed by atoms with van der Waals surface area (Å²) in [6.07, 6.45) is 0. The Morgan fingerprint density at radius 2 is 1.58 bits per heavy atom. The largest absolute Gasteiger partial charge is 0.481 e. The van der Waals surface area contributed by atoms with Crippen LogP contribution in [0, 0.1) is 0 Å². The number of hydrogen-bond acceptors (Lipinski definition) is 3. The van der Waals surface area contributed by atoms with Crippen molar-refractivity contribution in [2.24, 2.45) is 0 Å². The van der Waals surface area contributed by atoms with Crippen LogP contribution in [0.5, 0.6) is 0 Å². The van der Waals surface area contributed by atoms with Crippen LogP contribution in [0.3, 0.4) is 0 Å². The molecule has 1 N–H and O–H groups in total. The van der Waals surface area contributed by atoms with E-state index in [4.69, 9.17) is 9.90 Å². The van der Waals surface area contributed by atoms with Gasteiger partial charge in [0.1, 0.15) is 0 Å². The van der Waals surface area contributed by atoms with Crippen molar-refractivity contribution in [3.05, 3.63) is 13.2 Å². The van der Waals surface area contributed by atoms with Gasteiger partial charge in [-0.1, -0.05) is 0 Å². The van der Waals surface area contributed by atoms with Crippen LogP contribution in [0.25, 0.3) is 0 Å². The molecule has 0 aliphatic heterocycles. The second-order valence-electron chi connectivity index (χ2n) is 1.44. The van der Waals surface area contributed by atoms with Gasteiger partial charge in [0.25, 0.3) is 5.97 Å². The normalized spacial score (nSPS) is 6.25. The SMILES string of the molecule is C=C.CC(=O)O.CCOC(C)=O. The lowest BCUT2D eigenvalue weighted by atomic mass is 10.8. The van der Waals surface area contributed by atoms with Gasteiger partial charge in [-0.15, -0.1) is 13.2 Å². The van der Waals surface area contributed by atoms with E-state index in [-0.39, 0.29) is 5.97 Å². The smallest absolute Gasteiger partial charge is 0.302 e. The Labute approximate surface area is 72.8 Å². The summed E-state index contributed by atoms with van der Waals surface area (Å²) in [6, 6.07) is 0. The molecule has 0 aromatic rings. The third-order valence-corrected chi connectivity index (χ3v) is 0.348. The Hall–Kier alpha value is -1.32. The standard InChI is InChI=1S/C4H8O2.C2H4O2.C2H4/c1-3-6-4(2)5;1-2(3)4;1-2/h3H2,1-2H3;1H3,(H,3,4);1-2H2.